The molecule has 0 radical (unpaired) electrons. The molecule has 1 aliphatic carbocycles. The molecule has 3 atom stereocenters. The van der Waals surface area contributed by atoms with E-state index in [0.717, 1.165) is 29.0 Å². The Morgan fingerprint density at radius 3 is 1.76 bits per heavy atom. The van der Waals surface area contributed by atoms with Crippen molar-refractivity contribution in [1.29, 1.82) is 0 Å². The van der Waals surface area contributed by atoms with Crippen LogP contribution < -0.4 is 0 Å². The van der Waals surface area contributed by atoms with Crippen LogP contribution in [0, 0.1) is 0 Å². The van der Waals surface area contributed by atoms with Crippen LogP contribution in [0.3, 0.4) is 0 Å². The molecule has 0 heterocycles. The van der Waals surface area contributed by atoms with Crippen molar-refractivity contribution in [2.24, 2.45) is 4.74 Å². The summed E-state index contributed by atoms with van der Waals surface area (Å²) in [5, 5.41) is 0. The van der Waals surface area contributed by atoms with Gasteiger partial charge in [-0.2, -0.15) is 0 Å². The summed E-state index contributed by atoms with van der Waals surface area (Å²) < 4.78 is 5.43. The van der Waals surface area contributed by atoms with Gasteiger partial charge in [-0.15, -0.1) is 0 Å². The van der Waals surface area contributed by atoms with E-state index in [4.69, 9.17) is 4.74 Å². The first kappa shape index (κ1) is 27.1. The van der Waals surface area contributed by atoms with Crippen LogP contribution in [-0.2, 0) is 21.7 Å². The molecule has 0 amide bonds. The zero-order chi connectivity index (χ0) is 18.8. The molecular formula is C22H40NPTi. The Morgan fingerprint density at radius 1 is 1.12 bits per heavy atom. The summed E-state index contributed by atoms with van der Waals surface area (Å²) >= 11 is 0. The zero-order valence-electron chi connectivity index (χ0n) is 17.7. The second kappa shape index (κ2) is 14.0. The first-order valence-corrected chi connectivity index (χ1v) is 11.5. The predicted molar refractivity (Wildman–Crippen MR) is 115 cm³/mol. The smallest absolute Gasteiger partial charge is 0.0425 e. The standard InChI is InChI=1S/C17H32NP.C5H8.Ti/c1-7-14(4)19(15(5)8-2,16(6)9-3)18-17-12-10-11-13-17;1-4-5(2)3;/h10-12,14-16H,7-9,13H2,1-6H3;4H,1-2H2,3H3;. The minimum Gasteiger partial charge on any atom is -0.271 e. The average molecular weight is 397 g/mol. The SMILES string of the molecule is C=CC(=C)C.CCC(C)P(=NC1=CC=CC1)(C(C)CC)C(C)CC.[Ti]. The Kier molecular flexibility index (Phi) is 15.2. The van der Waals surface area contributed by atoms with Crippen LogP contribution in [0.4, 0.5) is 0 Å². The maximum Gasteiger partial charge on any atom is 0.0425 e. The van der Waals surface area contributed by atoms with Gasteiger partial charge in [0.2, 0.25) is 0 Å². The molecule has 0 aromatic carbocycles. The fraction of sp³-hybridized carbons (Fsp3) is 0.636. The Bertz CT molecular complexity index is 483. The predicted octanol–water partition coefficient (Wildman–Crippen LogP) is 8.17. The Morgan fingerprint density at radius 2 is 1.52 bits per heavy atom. The molecule has 0 saturated heterocycles. The number of rotatable bonds is 8. The van der Waals surface area contributed by atoms with Gasteiger partial charge in [0.15, 0.2) is 0 Å². The van der Waals surface area contributed by atoms with E-state index in [1.165, 1.54) is 25.0 Å². The monoisotopic (exact) mass is 397 g/mol. The van der Waals surface area contributed by atoms with E-state index in [-0.39, 0.29) is 21.7 Å². The van der Waals surface area contributed by atoms with Crippen LogP contribution in [0.25, 0.3) is 0 Å². The minimum absolute atomic E-state index is 0. The van der Waals surface area contributed by atoms with Gasteiger partial charge in [0.05, 0.1) is 0 Å². The molecule has 0 spiro atoms. The van der Waals surface area contributed by atoms with Crippen molar-refractivity contribution in [1.82, 2.24) is 0 Å². The van der Waals surface area contributed by atoms with Crippen molar-refractivity contribution in [2.75, 3.05) is 0 Å². The fourth-order valence-electron chi connectivity index (χ4n) is 3.21. The summed E-state index contributed by atoms with van der Waals surface area (Å²) in [6, 6.07) is 0. The zero-order valence-corrected chi connectivity index (χ0v) is 20.1. The second-order valence-corrected chi connectivity index (χ2v) is 11.4. The number of nitrogens with zero attached hydrogens (tertiary/aromatic N) is 1. The van der Waals surface area contributed by atoms with E-state index in [9.17, 15) is 0 Å². The Hall–Kier alpha value is -0.0957. The van der Waals surface area contributed by atoms with Gasteiger partial charge in [-0.1, -0.05) is 78.5 Å². The van der Waals surface area contributed by atoms with Crippen LogP contribution >= 0.6 is 7.05 Å². The molecule has 0 aromatic rings. The van der Waals surface area contributed by atoms with Gasteiger partial charge in [-0.25, -0.2) is 0 Å². The van der Waals surface area contributed by atoms with Gasteiger partial charge in [0, 0.05) is 33.8 Å². The fourth-order valence-corrected chi connectivity index (χ4v) is 8.75. The van der Waals surface area contributed by atoms with Gasteiger partial charge in [0.1, 0.15) is 0 Å². The molecule has 142 valence electrons. The van der Waals surface area contributed by atoms with E-state index < -0.39 is 7.05 Å². The first-order chi connectivity index (χ1) is 11.3. The summed E-state index contributed by atoms with van der Waals surface area (Å²) in [7, 11) is -1.30. The van der Waals surface area contributed by atoms with Crippen molar-refractivity contribution < 1.29 is 21.7 Å². The molecule has 1 nitrogen and oxygen atoms in total. The maximum atomic E-state index is 5.43. The summed E-state index contributed by atoms with van der Waals surface area (Å²) in [5.74, 6) is 0. The third kappa shape index (κ3) is 7.98. The molecular weight excluding hydrogens is 357 g/mol. The van der Waals surface area contributed by atoms with Crippen LogP contribution in [0.5, 0.6) is 0 Å². The largest absolute Gasteiger partial charge is 0.271 e. The van der Waals surface area contributed by atoms with E-state index in [2.05, 4.69) is 72.9 Å². The van der Waals surface area contributed by atoms with Crippen molar-refractivity contribution in [3.63, 3.8) is 0 Å². The third-order valence-corrected chi connectivity index (χ3v) is 11.2. The number of hydrogen-bond acceptors (Lipinski definition) is 1. The first-order valence-electron chi connectivity index (χ1n) is 9.54. The molecule has 3 unspecified atom stereocenters. The van der Waals surface area contributed by atoms with Crippen LogP contribution in [0.2, 0.25) is 0 Å². The molecule has 0 N–H and O–H groups in total. The van der Waals surface area contributed by atoms with E-state index in [1.54, 1.807) is 6.08 Å². The molecule has 1 rings (SSSR count). The van der Waals surface area contributed by atoms with Crippen molar-refractivity contribution >= 4 is 7.05 Å². The van der Waals surface area contributed by atoms with Crippen molar-refractivity contribution in [2.45, 2.75) is 91.1 Å². The minimum atomic E-state index is -1.30. The van der Waals surface area contributed by atoms with Gasteiger partial charge in [0.25, 0.3) is 0 Å². The van der Waals surface area contributed by atoms with Crippen LogP contribution in [0.1, 0.15) is 74.1 Å². The molecule has 3 heteroatoms. The molecule has 0 aromatic heterocycles. The molecule has 25 heavy (non-hydrogen) atoms. The van der Waals surface area contributed by atoms with Gasteiger partial charge in [-0.3, -0.25) is 4.74 Å². The maximum absolute atomic E-state index is 5.43. The van der Waals surface area contributed by atoms with Gasteiger partial charge in [-0.05, 0) is 56.3 Å². The summed E-state index contributed by atoms with van der Waals surface area (Å²) in [6.45, 7) is 23.3. The Labute approximate surface area is 173 Å². The summed E-state index contributed by atoms with van der Waals surface area (Å²) in [5.41, 5.74) is 4.59. The van der Waals surface area contributed by atoms with Crippen LogP contribution in [-0.4, -0.2) is 17.0 Å². The van der Waals surface area contributed by atoms with E-state index in [0.29, 0.717) is 0 Å². The second-order valence-electron chi connectivity index (χ2n) is 7.01. The normalized spacial score (nSPS) is 18.4. The molecule has 0 bridgehead atoms. The number of hydrogen-bond donors (Lipinski definition) is 0. The molecule has 0 aliphatic heterocycles. The van der Waals surface area contributed by atoms with Crippen molar-refractivity contribution in [3.05, 3.63) is 48.7 Å². The Balaban J connectivity index is 0. The van der Waals surface area contributed by atoms with E-state index in [1.807, 2.05) is 6.92 Å². The molecule has 0 saturated carbocycles. The van der Waals surface area contributed by atoms with Crippen LogP contribution in [0.15, 0.2) is 53.5 Å². The number of allylic oxidation sites excluding steroid dienone is 5. The third-order valence-electron chi connectivity index (χ3n) is 5.29. The summed E-state index contributed by atoms with van der Waals surface area (Å²) in [4.78, 5) is 0. The van der Waals surface area contributed by atoms with Gasteiger partial charge < -0.3 is 0 Å². The molecule has 1 aliphatic rings. The quantitative estimate of drug-likeness (QED) is 0.222. The average Bonchev–Trinajstić information content (AvgIpc) is 3.10. The van der Waals surface area contributed by atoms with Crippen molar-refractivity contribution in [3.8, 4) is 0 Å². The topological polar surface area (TPSA) is 12.4 Å². The van der Waals surface area contributed by atoms with E-state index >= 15 is 0 Å². The summed E-state index contributed by atoms with van der Waals surface area (Å²) in [6.07, 6.45) is 13.2. The van der Waals surface area contributed by atoms with Gasteiger partial charge >= 0.3 is 0 Å². The molecule has 0 fully saturated rings.